The first-order valence-corrected chi connectivity index (χ1v) is 15.1. The van der Waals surface area contributed by atoms with Gasteiger partial charge in [0, 0.05) is 18.1 Å². The number of anilines is 1. The van der Waals surface area contributed by atoms with Gasteiger partial charge in [-0.2, -0.15) is 0 Å². The zero-order valence-corrected chi connectivity index (χ0v) is 24.6. The Morgan fingerprint density at radius 3 is 2.25 bits per heavy atom. The minimum absolute atomic E-state index is 0.00161. The summed E-state index contributed by atoms with van der Waals surface area (Å²) in [6.45, 7) is 3.53. The molecule has 0 aliphatic carbocycles. The molecule has 1 atom stereocenters. The van der Waals surface area contributed by atoms with Gasteiger partial charge in [0.1, 0.15) is 18.4 Å². The predicted octanol–water partition coefficient (Wildman–Crippen LogP) is 6.05. The van der Waals surface area contributed by atoms with E-state index in [4.69, 9.17) is 23.2 Å². The topological polar surface area (TPSA) is 86.8 Å². The Kier molecular flexibility index (Phi) is 11.4. The van der Waals surface area contributed by atoms with E-state index >= 15 is 0 Å². The van der Waals surface area contributed by atoms with Crippen LogP contribution in [0.2, 0.25) is 10.0 Å². The van der Waals surface area contributed by atoms with Gasteiger partial charge in [-0.15, -0.1) is 0 Å². The third kappa shape index (κ3) is 7.74. The highest BCUT2D eigenvalue weighted by molar-refractivity contribution is 7.92. The van der Waals surface area contributed by atoms with Crippen molar-refractivity contribution in [1.82, 2.24) is 10.2 Å². The lowest BCUT2D eigenvalue weighted by Gasteiger charge is -2.33. The highest BCUT2D eigenvalue weighted by Gasteiger charge is 2.34. The van der Waals surface area contributed by atoms with Crippen LogP contribution in [0.15, 0.2) is 77.7 Å². The number of amides is 2. The number of sulfonamides is 1. The second kappa shape index (κ2) is 14.5. The largest absolute Gasteiger partial charge is 0.354 e. The number of carbonyl (C=O) groups excluding carboxylic acids is 2. The summed E-state index contributed by atoms with van der Waals surface area (Å²) in [5.41, 5.74) is 0.598. The first-order valence-electron chi connectivity index (χ1n) is 12.9. The van der Waals surface area contributed by atoms with Crippen molar-refractivity contribution in [2.24, 2.45) is 0 Å². The molecule has 0 aliphatic rings. The van der Waals surface area contributed by atoms with Gasteiger partial charge in [0.2, 0.25) is 11.8 Å². The molecule has 0 fully saturated rings. The molecule has 0 unspecified atom stereocenters. The maximum atomic E-state index is 14.0. The van der Waals surface area contributed by atoms with Gasteiger partial charge < -0.3 is 10.2 Å². The first-order chi connectivity index (χ1) is 19.1. The van der Waals surface area contributed by atoms with Crippen molar-refractivity contribution in [1.29, 1.82) is 0 Å². The number of nitrogens with zero attached hydrogens (tertiary/aromatic N) is 2. The van der Waals surface area contributed by atoms with Crippen molar-refractivity contribution in [3.8, 4) is 0 Å². The Hall–Kier alpha value is -3.14. The fourth-order valence-corrected chi connectivity index (χ4v) is 5.92. The van der Waals surface area contributed by atoms with E-state index in [2.05, 4.69) is 5.32 Å². The second-order valence-corrected chi connectivity index (χ2v) is 11.8. The molecule has 0 saturated heterocycles. The minimum atomic E-state index is -4.29. The molecule has 3 aromatic carbocycles. The Morgan fingerprint density at radius 2 is 1.62 bits per heavy atom. The van der Waals surface area contributed by atoms with E-state index in [1.807, 2.05) is 6.92 Å². The van der Waals surface area contributed by atoms with Gasteiger partial charge in [-0.3, -0.25) is 13.9 Å². The van der Waals surface area contributed by atoms with Gasteiger partial charge in [0.25, 0.3) is 10.0 Å². The zero-order chi connectivity index (χ0) is 29.3. The molecule has 3 rings (SSSR count). The van der Waals surface area contributed by atoms with Crippen LogP contribution in [-0.2, 0) is 26.2 Å². The van der Waals surface area contributed by atoms with Gasteiger partial charge in [-0.25, -0.2) is 12.8 Å². The summed E-state index contributed by atoms with van der Waals surface area (Å²) in [7, 11) is -4.29. The first kappa shape index (κ1) is 31.4. The third-order valence-corrected chi connectivity index (χ3v) is 8.76. The van der Waals surface area contributed by atoms with E-state index in [9.17, 15) is 22.4 Å². The Balaban J connectivity index is 2.06. The summed E-state index contributed by atoms with van der Waals surface area (Å²) in [6.07, 6.45) is 1.93. The van der Waals surface area contributed by atoms with Crippen LogP contribution in [0, 0.1) is 5.82 Å². The fraction of sp³-hybridized carbons (Fsp3) is 0.310. The molecule has 7 nitrogen and oxygen atoms in total. The molecule has 1 N–H and O–H groups in total. The quantitative estimate of drug-likeness (QED) is 0.240. The number of rotatable bonds is 13. The average molecular weight is 609 g/mol. The molecule has 0 heterocycles. The molecule has 0 saturated carbocycles. The van der Waals surface area contributed by atoms with Crippen LogP contribution in [0.1, 0.15) is 38.7 Å². The SMILES string of the molecule is CCCCNC(=O)[C@H](CC)N(Cc1ccccc1Cl)C(=O)CN(c1ccc(F)c(Cl)c1)S(=O)(=O)c1ccccc1. The van der Waals surface area contributed by atoms with Crippen LogP contribution in [0.4, 0.5) is 10.1 Å². The van der Waals surface area contributed by atoms with Crippen molar-refractivity contribution in [2.75, 3.05) is 17.4 Å². The summed E-state index contributed by atoms with van der Waals surface area (Å²) in [5.74, 6) is -1.72. The summed E-state index contributed by atoms with van der Waals surface area (Å²) in [5, 5.41) is 2.97. The van der Waals surface area contributed by atoms with Crippen LogP contribution in [0.3, 0.4) is 0 Å². The molecule has 0 aromatic heterocycles. The van der Waals surface area contributed by atoms with Crippen LogP contribution in [0.25, 0.3) is 0 Å². The van der Waals surface area contributed by atoms with Gasteiger partial charge in [-0.1, -0.05) is 79.9 Å². The predicted molar refractivity (Wildman–Crippen MR) is 156 cm³/mol. The van der Waals surface area contributed by atoms with E-state index in [1.165, 1.54) is 23.1 Å². The monoisotopic (exact) mass is 607 g/mol. The lowest BCUT2D eigenvalue weighted by molar-refractivity contribution is -0.140. The van der Waals surface area contributed by atoms with Gasteiger partial charge in [-0.05, 0) is 54.8 Å². The standard InChI is InChI=1S/C29H32Cl2FN3O4S/c1-3-5-17-33-29(37)27(4-2)34(19-21-11-9-10-14-24(21)30)28(36)20-35(22-15-16-26(32)25(31)18-22)40(38,39)23-12-7-6-8-13-23/h6-16,18,27H,3-5,17,19-20H2,1-2H3,(H,33,37)/t27-/m0/s1. The number of hydrogen-bond acceptors (Lipinski definition) is 4. The maximum Gasteiger partial charge on any atom is 0.264 e. The Labute approximate surface area is 244 Å². The number of benzene rings is 3. The highest BCUT2D eigenvalue weighted by atomic mass is 35.5. The molecule has 214 valence electrons. The molecule has 0 radical (unpaired) electrons. The van der Waals surface area contributed by atoms with Crippen molar-refractivity contribution >= 4 is 50.7 Å². The molecule has 11 heteroatoms. The molecular weight excluding hydrogens is 576 g/mol. The summed E-state index contributed by atoms with van der Waals surface area (Å²) in [4.78, 5) is 28.5. The number of hydrogen-bond donors (Lipinski definition) is 1. The molecular formula is C29H32Cl2FN3O4S. The highest BCUT2D eigenvalue weighted by Crippen LogP contribution is 2.29. The smallest absolute Gasteiger partial charge is 0.264 e. The lowest BCUT2D eigenvalue weighted by Crippen LogP contribution is -2.52. The van der Waals surface area contributed by atoms with E-state index in [0.717, 1.165) is 29.3 Å². The average Bonchev–Trinajstić information content (AvgIpc) is 2.94. The molecule has 0 bridgehead atoms. The van der Waals surface area contributed by atoms with Crippen LogP contribution in [-0.4, -0.2) is 44.3 Å². The van der Waals surface area contributed by atoms with Crippen molar-refractivity contribution in [3.63, 3.8) is 0 Å². The fourth-order valence-electron chi connectivity index (χ4n) is 4.12. The number of nitrogens with one attached hydrogen (secondary N) is 1. The van der Waals surface area contributed by atoms with Gasteiger partial charge in [0.15, 0.2) is 0 Å². The Bertz CT molecular complexity index is 1420. The van der Waals surface area contributed by atoms with Gasteiger partial charge in [0.05, 0.1) is 15.6 Å². The molecule has 3 aromatic rings. The second-order valence-electron chi connectivity index (χ2n) is 9.10. The minimum Gasteiger partial charge on any atom is -0.354 e. The lowest BCUT2D eigenvalue weighted by atomic mass is 10.1. The summed E-state index contributed by atoms with van der Waals surface area (Å²) >= 11 is 12.4. The molecule has 0 aliphatic heterocycles. The van der Waals surface area contributed by atoms with E-state index in [-0.39, 0.29) is 34.5 Å². The van der Waals surface area contributed by atoms with Crippen molar-refractivity contribution in [2.45, 2.75) is 50.6 Å². The van der Waals surface area contributed by atoms with E-state index < -0.39 is 34.3 Å². The normalized spacial score (nSPS) is 12.0. The summed E-state index contributed by atoms with van der Waals surface area (Å²) < 4.78 is 42.4. The molecule has 0 spiro atoms. The molecule has 40 heavy (non-hydrogen) atoms. The van der Waals surface area contributed by atoms with Crippen molar-refractivity contribution < 1.29 is 22.4 Å². The van der Waals surface area contributed by atoms with Crippen LogP contribution >= 0.6 is 23.2 Å². The zero-order valence-electron chi connectivity index (χ0n) is 22.3. The molecule has 2 amide bonds. The van der Waals surface area contributed by atoms with Crippen molar-refractivity contribution in [3.05, 3.63) is 94.2 Å². The van der Waals surface area contributed by atoms with Gasteiger partial charge >= 0.3 is 0 Å². The maximum absolute atomic E-state index is 14.0. The van der Waals surface area contributed by atoms with Crippen LogP contribution < -0.4 is 9.62 Å². The Morgan fingerprint density at radius 1 is 0.950 bits per heavy atom. The van der Waals surface area contributed by atoms with E-state index in [0.29, 0.717) is 17.1 Å². The van der Waals surface area contributed by atoms with E-state index in [1.54, 1.807) is 49.4 Å². The number of halogens is 3. The van der Waals surface area contributed by atoms with Crippen LogP contribution in [0.5, 0.6) is 0 Å². The number of unbranched alkanes of at least 4 members (excludes halogenated alkanes) is 1. The number of carbonyl (C=O) groups is 2. The third-order valence-electron chi connectivity index (χ3n) is 6.32. The summed E-state index contributed by atoms with van der Waals surface area (Å²) in [6, 6.07) is 17.0.